The van der Waals surface area contributed by atoms with E-state index in [9.17, 15) is 29.1 Å². The first kappa shape index (κ1) is 30.1. The lowest BCUT2D eigenvalue weighted by Gasteiger charge is -2.52. The van der Waals surface area contributed by atoms with E-state index in [1.54, 1.807) is 13.8 Å². The van der Waals surface area contributed by atoms with E-state index in [4.69, 9.17) is 28.4 Å². The van der Waals surface area contributed by atoms with Gasteiger partial charge in [0.2, 0.25) is 0 Å². The number of hydrogen-bond acceptors (Lipinski definition) is 12. The summed E-state index contributed by atoms with van der Waals surface area (Å²) in [5.41, 5.74) is -2.43. The molecule has 12 heteroatoms. The molecular formula is C28H38O12. The molecule has 0 radical (unpaired) electrons. The number of ketones is 1. The number of hydrogen-bond donors (Lipinski definition) is 1. The summed E-state index contributed by atoms with van der Waals surface area (Å²) in [7, 11) is 0. The number of rotatable bonds is 7. The number of fused-ring (bicyclic) bond motifs is 1. The van der Waals surface area contributed by atoms with Crippen LogP contribution in [0.3, 0.4) is 0 Å². The van der Waals surface area contributed by atoms with Crippen molar-refractivity contribution in [2.45, 2.75) is 110 Å². The third-order valence-electron chi connectivity index (χ3n) is 8.66. The Hall–Kier alpha value is -2.83. The van der Waals surface area contributed by atoms with Gasteiger partial charge in [0.25, 0.3) is 0 Å². The monoisotopic (exact) mass is 566 g/mol. The van der Waals surface area contributed by atoms with Crippen LogP contribution in [-0.2, 0) is 52.4 Å². The fourth-order valence-electron chi connectivity index (χ4n) is 6.97. The number of ether oxygens (including phenoxy) is 6. The van der Waals surface area contributed by atoms with E-state index in [0.717, 1.165) is 39.2 Å². The van der Waals surface area contributed by atoms with Crippen LogP contribution in [0, 0.1) is 17.3 Å². The molecule has 222 valence electrons. The Kier molecular flexibility index (Phi) is 7.94. The van der Waals surface area contributed by atoms with Crippen LogP contribution in [-0.4, -0.2) is 83.3 Å². The maximum atomic E-state index is 13.5. The highest BCUT2D eigenvalue weighted by atomic mass is 16.7. The molecular weight excluding hydrogens is 528 g/mol. The minimum atomic E-state index is -1.46. The Morgan fingerprint density at radius 2 is 1.50 bits per heavy atom. The first-order valence-corrected chi connectivity index (χ1v) is 13.5. The summed E-state index contributed by atoms with van der Waals surface area (Å²) in [4.78, 5) is 61.6. The normalized spacial score (nSPS) is 39.5. The lowest BCUT2D eigenvalue weighted by atomic mass is 9.61. The summed E-state index contributed by atoms with van der Waals surface area (Å²) in [6.45, 7) is 9.50. The second kappa shape index (κ2) is 10.5. The third kappa shape index (κ3) is 5.16. The number of carbonyl (C=O) groups is 5. The molecule has 0 unspecified atom stereocenters. The Labute approximate surface area is 232 Å². The number of Topliss-reactive ketones (excluding diaryl/α,β-unsaturated/α-hetero) is 1. The molecule has 4 rings (SSSR count). The van der Waals surface area contributed by atoms with Gasteiger partial charge in [0.15, 0.2) is 24.6 Å². The SMILES string of the molecule is CC(=O)OC[C@H]1O[C@@H](O[C@]23C=C(C)C4(CC4)[C@@](C)(O)[C@H]2C(=O)[C@H](C)C3)[C@H](OC(C)=O)[C@@H](OC(C)=O)[C@@H]1OC(C)=O. The molecule has 0 aromatic rings. The van der Waals surface area contributed by atoms with Gasteiger partial charge in [-0.2, -0.15) is 0 Å². The topological polar surface area (TPSA) is 161 Å². The predicted molar refractivity (Wildman–Crippen MR) is 134 cm³/mol. The van der Waals surface area contributed by atoms with Gasteiger partial charge >= 0.3 is 23.9 Å². The largest absolute Gasteiger partial charge is 0.463 e. The van der Waals surface area contributed by atoms with Crippen molar-refractivity contribution in [3.63, 3.8) is 0 Å². The summed E-state index contributed by atoms with van der Waals surface area (Å²) in [5, 5.41) is 11.9. The van der Waals surface area contributed by atoms with Gasteiger partial charge in [0.05, 0.1) is 11.5 Å². The van der Waals surface area contributed by atoms with E-state index < -0.39 is 89.6 Å². The molecule has 3 fully saturated rings. The lowest BCUT2D eigenvalue weighted by molar-refractivity contribution is -0.333. The standard InChI is InChI=1S/C28H38O12/c1-13-10-28(11-14(2)27(8-9-27)26(7,34)24(28)20(13)33)40-25-23(38-18(6)32)22(37-17(5)31)21(36-16(4)30)19(39-25)12-35-15(3)29/h11,13,19,21-25,34H,8-10,12H2,1-7H3/t13-,19-,21-,22+,23-,24-,25+,26+,28-/m1/s1. The summed E-state index contributed by atoms with van der Waals surface area (Å²) < 4.78 is 34.4. The Morgan fingerprint density at radius 3 is 2.02 bits per heavy atom. The van der Waals surface area contributed by atoms with Crippen LogP contribution < -0.4 is 0 Å². The van der Waals surface area contributed by atoms with Gasteiger partial charge in [0, 0.05) is 39.0 Å². The van der Waals surface area contributed by atoms with Gasteiger partial charge in [0.1, 0.15) is 24.1 Å². The van der Waals surface area contributed by atoms with Crippen LogP contribution in [0.2, 0.25) is 0 Å². The van der Waals surface area contributed by atoms with E-state index >= 15 is 0 Å². The van der Waals surface area contributed by atoms with Crippen molar-refractivity contribution in [2.75, 3.05) is 6.61 Å². The highest BCUT2D eigenvalue weighted by Crippen LogP contribution is 2.68. The summed E-state index contributed by atoms with van der Waals surface area (Å²) >= 11 is 0. The quantitative estimate of drug-likeness (QED) is 0.269. The van der Waals surface area contributed by atoms with Crippen molar-refractivity contribution < 1.29 is 57.5 Å². The maximum Gasteiger partial charge on any atom is 0.303 e. The third-order valence-corrected chi connectivity index (χ3v) is 8.66. The fraction of sp³-hybridized carbons (Fsp3) is 0.750. The molecule has 40 heavy (non-hydrogen) atoms. The number of carbonyl (C=O) groups excluding carboxylic acids is 5. The summed E-state index contributed by atoms with van der Waals surface area (Å²) in [5.74, 6) is -4.48. The number of esters is 4. The Morgan fingerprint density at radius 1 is 0.950 bits per heavy atom. The Bertz CT molecular complexity index is 1120. The van der Waals surface area contributed by atoms with E-state index in [-0.39, 0.29) is 12.2 Å². The van der Waals surface area contributed by atoms with E-state index in [1.807, 2.05) is 13.0 Å². The zero-order valence-corrected chi connectivity index (χ0v) is 23.9. The fourth-order valence-corrected chi connectivity index (χ4v) is 6.97. The molecule has 1 spiro atoms. The zero-order chi connectivity index (χ0) is 29.8. The van der Waals surface area contributed by atoms with E-state index in [1.165, 1.54) is 6.92 Å². The molecule has 1 saturated heterocycles. The molecule has 12 nitrogen and oxygen atoms in total. The molecule has 0 amide bonds. The molecule has 1 aliphatic heterocycles. The molecule has 1 heterocycles. The lowest BCUT2D eigenvalue weighted by Crippen LogP contribution is -2.66. The van der Waals surface area contributed by atoms with Gasteiger partial charge in [-0.05, 0) is 33.1 Å². The van der Waals surface area contributed by atoms with Crippen LogP contribution >= 0.6 is 0 Å². The van der Waals surface area contributed by atoms with Crippen LogP contribution in [0.5, 0.6) is 0 Å². The van der Waals surface area contributed by atoms with Gasteiger partial charge in [-0.1, -0.05) is 18.6 Å². The zero-order valence-electron chi connectivity index (χ0n) is 23.9. The second-order valence-corrected chi connectivity index (χ2v) is 11.6. The van der Waals surface area contributed by atoms with Crippen molar-refractivity contribution in [1.82, 2.24) is 0 Å². The Balaban J connectivity index is 1.80. The molecule has 0 aromatic heterocycles. The van der Waals surface area contributed by atoms with Crippen LogP contribution in [0.25, 0.3) is 0 Å². The first-order valence-electron chi connectivity index (χ1n) is 13.5. The van der Waals surface area contributed by atoms with Gasteiger partial charge in [-0.3, -0.25) is 24.0 Å². The van der Waals surface area contributed by atoms with Crippen LogP contribution in [0.4, 0.5) is 0 Å². The molecule has 2 saturated carbocycles. The highest BCUT2D eigenvalue weighted by Gasteiger charge is 2.72. The highest BCUT2D eigenvalue weighted by molar-refractivity contribution is 5.89. The summed E-state index contributed by atoms with van der Waals surface area (Å²) in [6, 6.07) is 0. The first-order chi connectivity index (χ1) is 18.5. The van der Waals surface area contributed by atoms with E-state index in [0.29, 0.717) is 0 Å². The molecule has 1 N–H and O–H groups in total. The smallest absolute Gasteiger partial charge is 0.303 e. The molecule has 9 atom stereocenters. The van der Waals surface area contributed by atoms with Crippen LogP contribution in [0.1, 0.15) is 67.7 Å². The van der Waals surface area contributed by atoms with Crippen molar-refractivity contribution >= 4 is 29.7 Å². The predicted octanol–water partition coefficient (Wildman–Crippen LogP) is 1.54. The minimum Gasteiger partial charge on any atom is -0.463 e. The average Bonchev–Trinajstić information content (AvgIpc) is 3.58. The maximum absolute atomic E-state index is 13.5. The van der Waals surface area contributed by atoms with Gasteiger partial charge in [-0.25, -0.2) is 0 Å². The molecule has 4 aliphatic rings. The van der Waals surface area contributed by atoms with Gasteiger partial charge < -0.3 is 33.5 Å². The second-order valence-electron chi connectivity index (χ2n) is 11.6. The molecule has 3 aliphatic carbocycles. The number of aliphatic hydroxyl groups is 1. The summed E-state index contributed by atoms with van der Waals surface area (Å²) in [6.07, 6.45) is -3.29. The minimum absolute atomic E-state index is 0.161. The van der Waals surface area contributed by atoms with Crippen molar-refractivity contribution in [1.29, 1.82) is 0 Å². The van der Waals surface area contributed by atoms with Crippen molar-refractivity contribution in [3.05, 3.63) is 11.6 Å². The average molecular weight is 567 g/mol. The van der Waals surface area contributed by atoms with Crippen molar-refractivity contribution in [2.24, 2.45) is 17.3 Å². The van der Waals surface area contributed by atoms with Crippen LogP contribution in [0.15, 0.2) is 11.6 Å². The molecule has 0 aromatic carbocycles. The van der Waals surface area contributed by atoms with E-state index in [2.05, 4.69) is 0 Å². The van der Waals surface area contributed by atoms with Gasteiger partial charge in [-0.15, -0.1) is 0 Å². The molecule has 0 bridgehead atoms. The van der Waals surface area contributed by atoms with Crippen molar-refractivity contribution in [3.8, 4) is 0 Å².